The molecular weight excluding hydrogens is 188 g/mol. The maximum absolute atomic E-state index is 10.6. The normalized spacial score (nSPS) is 11.4. The largest absolute Gasteiger partial charge is 0.507 e. The van der Waals surface area contributed by atoms with E-state index >= 15 is 0 Å². The molecule has 0 saturated carbocycles. The van der Waals surface area contributed by atoms with E-state index in [9.17, 15) is 9.90 Å². The minimum Gasteiger partial charge on any atom is -0.507 e. The number of allylic oxidation sites excluding steroid dienone is 1. The maximum Gasteiger partial charge on any atom is 0.156 e. The fourth-order valence-corrected chi connectivity index (χ4v) is 1.02. The molecule has 68 valence electrons. The Morgan fingerprint density at radius 2 is 1.92 bits per heavy atom. The molecule has 1 rings (SSSR count). The molecular formula is C10H9ClO2. The highest BCUT2D eigenvalue weighted by Gasteiger charge is 1.99. The van der Waals surface area contributed by atoms with Crippen molar-refractivity contribution < 1.29 is 9.90 Å². The summed E-state index contributed by atoms with van der Waals surface area (Å²) >= 11 is 5.65. The van der Waals surface area contributed by atoms with Crippen LogP contribution in [-0.2, 0) is 4.79 Å². The zero-order valence-electron chi connectivity index (χ0n) is 7.12. The lowest BCUT2D eigenvalue weighted by Gasteiger charge is -1.98. The number of benzene rings is 1. The predicted octanol–water partition coefficient (Wildman–Crippen LogP) is 2.83. The summed E-state index contributed by atoms with van der Waals surface area (Å²) in [6.45, 7) is 1.38. The lowest BCUT2D eigenvalue weighted by molar-refractivity contribution is -0.112. The number of halogens is 1. The van der Waals surface area contributed by atoms with E-state index in [4.69, 9.17) is 11.6 Å². The fourth-order valence-electron chi connectivity index (χ4n) is 0.897. The highest BCUT2D eigenvalue weighted by atomic mass is 35.5. The van der Waals surface area contributed by atoms with Crippen molar-refractivity contribution >= 4 is 23.1 Å². The van der Waals surface area contributed by atoms with Crippen molar-refractivity contribution in [2.24, 2.45) is 0 Å². The molecule has 2 nitrogen and oxygen atoms in total. The van der Waals surface area contributed by atoms with Gasteiger partial charge in [0.05, 0.1) is 0 Å². The Morgan fingerprint density at radius 3 is 2.38 bits per heavy atom. The first-order valence-corrected chi connectivity index (χ1v) is 4.14. The summed E-state index contributed by atoms with van der Waals surface area (Å²) in [5, 5.41) is 9.98. The Kier molecular flexibility index (Phi) is 3.09. The van der Waals surface area contributed by atoms with Crippen molar-refractivity contribution in [3.63, 3.8) is 0 Å². The van der Waals surface area contributed by atoms with E-state index in [0.29, 0.717) is 10.6 Å². The molecule has 0 aliphatic carbocycles. The number of rotatable bonds is 2. The van der Waals surface area contributed by atoms with Crippen LogP contribution in [0.2, 0.25) is 5.02 Å². The van der Waals surface area contributed by atoms with E-state index in [2.05, 4.69) is 0 Å². The van der Waals surface area contributed by atoms with Crippen molar-refractivity contribution in [3.8, 4) is 0 Å². The van der Waals surface area contributed by atoms with Crippen LogP contribution in [-0.4, -0.2) is 10.9 Å². The van der Waals surface area contributed by atoms with Gasteiger partial charge in [-0.15, -0.1) is 0 Å². The van der Waals surface area contributed by atoms with Crippen LogP contribution in [0.5, 0.6) is 0 Å². The Hall–Kier alpha value is -1.28. The SMILES string of the molecule is CC(=O)C=C(O)c1ccc(Cl)cc1. The Morgan fingerprint density at radius 1 is 1.38 bits per heavy atom. The molecule has 0 saturated heterocycles. The topological polar surface area (TPSA) is 37.3 Å². The van der Waals surface area contributed by atoms with Crippen LogP contribution in [0.25, 0.3) is 5.76 Å². The molecule has 0 aromatic heterocycles. The highest BCUT2D eigenvalue weighted by molar-refractivity contribution is 6.30. The molecule has 0 fully saturated rings. The maximum atomic E-state index is 10.6. The molecule has 0 amide bonds. The standard InChI is InChI=1S/C10H9ClO2/c1-7(12)6-10(13)8-2-4-9(11)5-3-8/h2-6,13H,1H3. The number of aliphatic hydroxyl groups excluding tert-OH is 1. The predicted molar refractivity (Wildman–Crippen MR) is 52.7 cm³/mol. The molecule has 0 atom stereocenters. The molecule has 3 heteroatoms. The zero-order valence-corrected chi connectivity index (χ0v) is 7.88. The molecule has 13 heavy (non-hydrogen) atoms. The van der Waals surface area contributed by atoms with Crippen LogP contribution >= 0.6 is 11.6 Å². The van der Waals surface area contributed by atoms with Gasteiger partial charge in [0.25, 0.3) is 0 Å². The molecule has 1 aromatic carbocycles. The molecule has 0 heterocycles. The van der Waals surface area contributed by atoms with Gasteiger partial charge in [0, 0.05) is 16.7 Å². The Labute approximate surface area is 81.5 Å². The van der Waals surface area contributed by atoms with Gasteiger partial charge in [0.1, 0.15) is 5.76 Å². The molecule has 0 bridgehead atoms. The average molecular weight is 197 g/mol. The summed E-state index contributed by atoms with van der Waals surface area (Å²) in [5.74, 6) is -0.225. The van der Waals surface area contributed by atoms with E-state index in [1.807, 2.05) is 0 Å². The third kappa shape index (κ3) is 2.92. The van der Waals surface area contributed by atoms with Crippen LogP contribution in [0.1, 0.15) is 12.5 Å². The summed E-state index contributed by atoms with van der Waals surface area (Å²) in [4.78, 5) is 10.6. The van der Waals surface area contributed by atoms with Crippen molar-refractivity contribution in [3.05, 3.63) is 40.9 Å². The Bertz CT molecular complexity index is 338. The first-order chi connectivity index (χ1) is 6.09. The molecule has 0 spiro atoms. The summed E-state index contributed by atoms with van der Waals surface area (Å²) in [5.41, 5.74) is 0.583. The first kappa shape index (κ1) is 9.81. The van der Waals surface area contributed by atoms with E-state index in [1.54, 1.807) is 24.3 Å². The third-order valence-corrected chi connectivity index (χ3v) is 1.73. The molecule has 0 radical (unpaired) electrons. The van der Waals surface area contributed by atoms with Crippen molar-refractivity contribution in [2.75, 3.05) is 0 Å². The fraction of sp³-hybridized carbons (Fsp3) is 0.100. The van der Waals surface area contributed by atoms with Crippen LogP contribution in [0, 0.1) is 0 Å². The molecule has 0 aliphatic rings. The van der Waals surface area contributed by atoms with Gasteiger partial charge in [-0.25, -0.2) is 0 Å². The van der Waals surface area contributed by atoms with Gasteiger partial charge in [-0.2, -0.15) is 0 Å². The Balaban J connectivity index is 2.96. The van der Waals surface area contributed by atoms with Crippen LogP contribution in [0.3, 0.4) is 0 Å². The average Bonchev–Trinajstić information content (AvgIpc) is 2.04. The number of hydrogen-bond acceptors (Lipinski definition) is 2. The number of hydrogen-bond donors (Lipinski definition) is 1. The number of ketones is 1. The van der Waals surface area contributed by atoms with Crippen molar-refractivity contribution in [2.45, 2.75) is 6.92 Å². The van der Waals surface area contributed by atoms with Gasteiger partial charge in [0.15, 0.2) is 5.78 Å². The third-order valence-electron chi connectivity index (χ3n) is 1.48. The van der Waals surface area contributed by atoms with Gasteiger partial charge >= 0.3 is 0 Å². The lowest BCUT2D eigenvalue weighted by atomic mass is 10.1. The van der Waals surface area contributed by atoms with E-state index in [-0.39, 0.29) is 11.5 Å². The molecule has 1 N–H and O–H groups in total. The van der Waals surface area contributed by atoms with Gasteiger partial charge < -0.3 is 5.11 Å². The quantitative estimate of drug-likeness (QED) is 0.584. The van der Waals surface area contributed by atoms with Gasteiger partial charge in [0.2, 0.25) is 0 Å². The van der Waals surface area contributed by atoms with E-state index in [1.165, 1.54) is 13.0 Å². The summed E-state index contributed by atoms with van der Waals surface area (Å²) < 4.78 is 0. The lowest BCUT2D eigenvalue weighted by Crippen LogP contribution is -1.88. The van der Waals surface area contributed by atoms with Gasteiger partial charge in [-0.05, 0) is 31.2 Å². The summed E-state index contributed by atoms with van der Waals surface area (Å²) in [6.07, 6.45) is 1.17. The van der Waals surface area contributed by atoms with Gasteiger partial charge in [-0.1, -0.05) is 11.6 Å². The smallest absolute Gasteiger partial charge is 0.156 e. The minimum atomic E-state index is -0.188. The first-order valence-electron chi connectivity index (χ1n) is 3.77. The second-order valence-corrected chi connectivity index (χ2v) is 3.08. The number of carbonyl (C=O) groups is 1. The zero-order chi connectivity index (χ0) is 9.84. The van der Waals surface area contributed by atoms with Crippen LogP contribution in [0.4, 0.5) is 0 Å². The summed E-state index contributed by atoms with van der Waals surface area (Å²) in [7, 11) is 0. The molecule has 0 aliphatic heterocycles. The second kappa shape index (κ2) is 4.10. The van der Waals surface area contributed by atoms with Crippen molar-refractivity contribution in [1.29, 1.82) is 0 Å². The minimum absolute atomic E-state index is 0.0378. The van der Waals surface area contributed by atoms with Crippen molar-refractivity contribution in [1.82, 2.24) is 0 Å². The number of carbonyl (C=O) groups excluding carboxylic acids is 1. The van der Waals surface area contributed by atoms with E-state index < -0.39 is 0 Å². The monoisotopic (exact) mass is 196 g/mol. The summed E-state index contributed by atoms with van der Waals surface area (Å²) in [6, 6.07) is 6.61. The number of aliphatic hydroxyl groups is 1. The second-order valence-electron chi connectivity index (χ2n) is 2.65. The molecule has 0 unspecified atom stereocenters. The van der Waals surface area contributed by atoms with Crippen LogP contribution < -0.4 is 0 Å². The van der Waals surface area contributed by atoms with E-state index in [0.717, 1.165) is 0 Å². The van der Waals surface area contributed by atoms with Gasteiger partial charge in [-0.3, -0.25) is 4.79 Å². The van der Waals surface area contributed by atoms with Crippen LogP contribution in [0.15, 0.2) is 30.3 Å². The highest BCUT2D eigenvalue weighted by Crippen LogP contribution is 2.15. The molecule has 1 aromatic rings.